The summed E-state index contributed by atoms with van der Waals surface area (Å²) in [6.45, 7) is 0. The van der Waals surface area contributed by atoms with Gasteiger partial charge in [-0.2, -0.15) is 5.10 Å². The maximum Gasteiger partial charge on any atom is 0.248 e. The van der Waals surface area contributed by atoms with Crippen LogP contribution in [0.5, 0.6) is 5.88 Å². The van der Waals surface area contributed by atoms with Crippen molar-refractivity contribution < 1.29 is 18.3 Å². The van der Waals surface area contributed by atoms with Gasteiger partial charge >= 0.3 is 0 Å². The van der Waals surface area contributed by atoms with Crippen LogP contribution in [0, 0.1) is 11.2 Å². The van der Waals surface area contributed by atoms with E-state index in [1.807, 2.05) is 0 Å². The van der Waals surface area contributed by atoms with Crippen LogP contribution in [-0.4, -0.2) is 37.9 Å². The topological polar surface area (TPSA) is 103 Å². The first-order valence-corrected chi connectivity index (χ1v) is 10.3. The van der Waals surface area contributed by atoms with Gasteiger partial charge in [0.15, 0.2) is 0 Å². The Hall–Kier alpha value is -3.43. The molecular weight excluding hydrogens is 421 g/mol. The number of nitrogens with one attached hydrogen (secondary N) is 2. The lowest BCUT2D eigenvalue weighted by Crippen LogP contribution is -2.32. The number of anilines is 1. The molecule has 1 aliphatic rings. The van der Waals surface area contributed by atoms with Crippen molar-refractivity contribution in [3.05, 3.63) is 53.2 Å². The highest BCUT2D eigenvalue weighted by molar-refractivity contribution is 5.87. The molecule has 2 N–H and O–H groups in total. The van der Waals surface area contributed by atoms with E-state index in [9.17, 15) is 18.3 Å². The quantitative estimate of drug-likeness (QED) is 0.566. The summed E-state index contributed by atoms with van der Waals surface area (Å²) < 4.78 is 42.6. The van der Waals surface area contributed by atoms with Crippen LogP contribution in [-0.2, 0) is 13.5 Å². The van der Waals surface area contributed by atoms with E-state index in [4.69, 9.17) is 5.41 Å². The minimum atomic E-state index is -2.68. The second-order valence-electron chi connectivity index (χ2n) is 7.94. The van der Waals surface area contributed by atoms with Crippen LogP contribution in [0.2, 0.25) is 0 Å². The van der Waals surface area contributed by atoms with E-state index in [0.29, 0.717) is 5.56 Å². The molecule has 0 atom stereocenters. The van der Waals surface area contributed by atoms with Crippen molar-refractivity contribution in [3.63, 3.8) is 0 Å². The number of hydrogen-bond acceptors (Lipinski definition) is 6. The van der Waals surface area contributed by atoms with Crippen LogP contribution >= 0.6 is 0 Å². The summed E-state index contributed by atoms with van der Waals surface area (Å²) in [6.07, 6.45) is 2.52. The molecule has 0 radical (unpaired) electrons. The highest BCUT2D eigenvalue weighted by Crippen LogP contribution is 2.35. The van der Waals surface area contributed by atoms with Crippen LogP contribution in [0.15, 0.2) is 30.5 Å². The Morgan fingerprint density at radius 1 is 1.25 bits per heavy atom. The van der Waals surface area contributed by atoms with Crippen molar-refractivity contribution in [2.45, 2.75) is 44.1 Å². The minimum Gasteiger partial charge on any atom is -0.858 e. The normalized spacial score (nSPS) is 16.1. The Morgan fingerprint density at radius 3 is 2.66 bits per heavy atom. The molecule has 1 aliphatic carbocycles. The van der Waals surface area contributed by atoms with Gasteiger partial charge in [-0.3, -0.25) is 4.68 Å². The van der Waals surface area contributed by atoms with E-state index >= 15 is 0 Å². The molecule has 0 bridgehead atoms. The molecule has 32 heavy (non-hydrogen) atoms. The molecule has 4 rings (SSSR count). The minimum absolute atomic E-state index is 0.0304. The summed E-state index contributed by atoms with van der Waals surface area (Å²) in [5.74, 6) is -3.47. The Morgan fingerprint density at radius 2 is 2.00 bits per heavy atom. The number of nitrogens with zero attached hydrogens (tertiary/aromatic N) is 4. The molecule has 2 heterocycles. The number of hydrogen-bond donors (Lipinski definition) is 2. The van der Waals surface area contributed by atoms with Gasteiger partial charge < -0.3 is 15.8 Å². The third-order valence-corrected chi connectivity index (χ3v) is 5.67. The monoisotopic (exact) mass is 443 g/mol. The lowest BCUT2D eigenvalue weighted by atomic mass is 9.92. The highest BCUT2D eigenvalue weighted by atomic mass is 19.3. The first-order valence-electron chi connectivity index (χ1n) is 10.3. The molecule has 1 saturated carbocycles. The lowest BCUT2D eigenvalue weighted by molar-refractivity contribution is -0.275. The van der Waals surface area contributed by atoms with Crippen molar-refractivity contribution >= 4 is 12.0 Å². The van der Waals surface area contributed by atoms with Gasteiger partial charge in [0.25, 0.3) is 0 Å². The van der Waals surface area contributed by atoms with E-state index in [0.717, 1.165) is 17.5 Å². The number of aromatic nitrogens is 4. The van der Waals surface area contributed by atoms with Gasteiger partial charge in [-0.05, 0) is 42.7 Å². The standard InChI is InChI=1S/C22H23F3N6O/c1-31-18(6-9-27-31)16-3-2-14(23)10-13(16)11-19-29-20(17(12-26)21(32)30-19)28-15-4-7-22(24,25)8-5-15/h2-3,6,9-10,12,15,26H,4-5,7-8,11H2,1H3,(H2,28,29,30,32)/p-1. The maximum atomic E-state index is 14.0. The van der Waals surface area contributed by atoms with E-state index in [2.05, 4.69) is 20.4 Å². The zero-order valence-electron chi connectivity index (χ0n) is 17.4. The zero-order chi connectivity index (χ0) is 22.9. The van der Waals surface area contributed by atoms with E-state index in [-0.39, 0.29) is 55.4 Å². The third kappa shape index (κ3) is 4.58. The van der Waals surface area contributed by atoms with Gasteiger partial charge in [0.2, 0.25) is 5.92 Å². The van der Waals surface area contributed by atoms with Crippen LogP contribution in [0.25, 0.3) is 11.3 Å². The molecule has 168 valence electrons. The molecule has 0 amide bonds. The number of aryl methyl sites for hydroxylation is 1. The second-order valence-corrected chi connectivity index (χ2v) is 7.94. The van der Waals surface area contributed by atoms with Gasteiger partial charge in [-0.25, -0.2) is 23.1 Å². The fraction of sp³-hybridized carbons (Fsp3) is 0.364. The largest absolute Gasteiger partial charge is 0.858 e. The van der Waals surface area contributed by atoms with Gasteiger partial charge in [-0.1, -0.05) is 0 Å². The predicted octanol–water partition coefficient (Wildman–Crippen LogP) is 3.67. The van der Waals surface area contributed by atoms with Crippen molar-refractivity contribution in [1.29, 1.82) is 5.41 Å². The molecule has 0 aliphatic heterocycles. The van der Waals surface area contributed by atoms with Crippen molar-refractivity contribution in [2.24, 2.45) is 7.05 Å². The smallest absolute Gasteiger partial charge is 0.248 e. The van der Waals surface area contributed by atoms with Crippen LogP contribution in [0.4, 0.5) is 19.0 Å². The van der Waals surface area contributed by atoms with E-state index < -0.39 is 17.6 Å². The van der Waals surface area contributed by atoms with Crippen molar-refractivity contribution in [3.8, 4) is 17.1 Å². The van der Waals surface area contributed by atoms with Crippen molar-refractivity contribution in [1.82, 2.24) is 19.7 Å². The molecule has 1 fully saturated rings. The SMILES string of the molecule is Cn1nccc1-c1ccc(F)cc1Cc1nc([O-])c(C=N)c(NC2CCC(F)(F)CC2)n1. The Balaban J connectivity index is 1.65. The zero-order valence-corrected chi connectivity index (χ0v) is 17.4. The van der Waals surface area contributed by atoms with Gasteiger partial charge in [0.1, 0.15) is 17.5 Å². The number of benzene rings is 1. The van der Waals surface area contributed by atoms with Crippen LogP contribution in [0.3, 0.4) is 0 Å². The van der Waals surface area contributed by atoms with Crippen LogP contribution < -0.4 is 10.4 Å². The van der Waals surface area contributed by atoms with E-state index in [1.54, 1.807) is 30.1 Å². The Kier molecular flexibility index (Phi) is 5.86. The molecule has 10 heteroatoms. The molecule has 0 unspecified atom stereocenters. The average Bonchev–Trinajstić information content (AvgIpc) is 3.15. The summed E-state index contributed by atoms with van der Waals surface area (Å²) >= 11 is 0. The summed E-state index contributed by atoms with van der Waals surface area (Å²) in [7, 11) is 1.77. The summed E-state index contributed by atoms with van der Waals surface area (Å²) in [6, 6.07) is 5.84. The number of alkyl halides is 2. The summed E-state index contributed by atoms with van der Waals surface area (Å²) in [5, 5.41) is 27.3. The molecule has 7 nitrogen and oxygen atoms in total. The molecule has 1 aromatic carbocycles. The first kappa shape index (κ1) is 21.8. The van der Waals surface area contributed by atoms with E-state index in [1.165, 1.54) is 12.1 Å². The molecule has 2 aromatic heterocycles. The highest BCUT2D eigenvalue weighted by Gasteiger charge is 2.35. The third-order valence-electron chi connectivity index (χ3n) is 5.67. The molecule has 3 aromatic rings. The lowest BCUT2D eigenvalue weighted by Gasteiger charge is -2.30. The van der Waals surface area contributed by atoms with Gasteiger partial charge in [-0.15, -0.1) is 0 Å². The average molecular weight is 443 g/mol. The first-order chi connectivity index (χ1) is 15.3. The Labute approximate surface area is 182 Å². The molecule has 0 spiro atoms. The summed E-state index contributed by atoms with van der Waals surface area (Å²) in [4.78, 5) is 8.37. The number of halogens is 3. The van der Waals surface area contributed by atoms with Crippen molar-refractivity contribution in [2.75, 3.05) is 5.32 Å². The van der Waals surface area contributed by atoms with Gasteiger partial charge in [0.05, 0.1) is 5.69 Å². The molecular formula is C22H22F3N6O-. The fourth-order valence-electron chi connectivity index (χ4n) is 3.96. The second kappa shape index (κ2) is 8.60. The predicted molar refractivity (Wildman–Crippen MR) is 112 cm³/mol. The summed E-state index contributed by atoms with van der Waals surface area (Å²) in [5.41, 5.74) is 2.03. The number of rotatable bonds is 6. The Bertz CT molecular complexity index is 1140. The maximum absolute atomic E-state index is 14.0. The van der Waals surface area contributed by atoms with Gasteiger partial charge in [0, 0.05) is 61.8 Å². The molecule has 0 saturated heterocycles. The van der Waals surface area contributed by atoms with Crippen LogP contribution in [0.1, 0.15) is 42.6 Å². The fourth-order valence-corrected chi connectivity index (χ4v) is 3.96.